The van der Waals surface area contributed by atoms with Crippen LogP contribution in [0.1, 0.15) is 37.4 Å². The molecule has 0 saturated heterocycles. The third kappa shape index (κ3) is 3.12. The van der Waals surface area contributed by atoms with Gasteiger partial charge in [-0.2, -0.15) is 4.98 Å². The van der Waals surface area contributed by atoms with Gasteiger partial charge in [-0.15, -0.1) is 11.8 Å². The van der Waals surface area contributed by atoms with Crippen molar-refractivity contribution in [3.63, 3.8) is 0 Å². The summed E-state index contributed by atoms with van der Waals surface area (Å²) in [6, 6.07) is 6.38. The van der Waals surface area contributed by atoms with E-state index < -0.39 is 10.5 Å². The standard InChI is InChI=1S/C14H16N4O3S/c15-14(7-1-2-8-14)13-16-12(21-17-13)9-22-11-5-3-10(4-6-11)18(19)20/h3-6H,1-2,7-9,15H2. The lowest BCUT2D eigenvalue weighted by Crippen LogP contribution is -2.34. The van der Waals surface area contributed by atoms with Crippen molar-refractivity contribution >= 4 is 17.4 Å². The molecule has 2 N–H and O–H groups in total. The van der Waals surface area contributed by atoms with Crippen molar-refractivity contribution < 1.29 is 9.45 Å². The molecular weight excluding hydrogens is 304 g/mol. The molecule has 1 aliphatic carbocycles. The van der Waals surface area contributed by atoms with E-state index in [1.807, 2.05) is 0 Å². The highest BCUT2D eigenvalue weighted by molar-refractivity contribution is 7.98. The first-order chi connectivity index (χ1) is 10.6. The fourth-order valence-corrected chi connectivity index (χ4v) is 3.29. The first-order valence-corrected chi connectivity index (χ1v) is 8.05. The number of nitro groups is 1. The molecule has 0 aliphatic heterocycles. The highest BCUT2D eigenvalue weighted by Gasteiger charge is 2.35. The maximum atomic E-state index is 10.6. The smallest absolute Gasteiger partial charge is 0.269 e. The van der Waals surface area contributed by atoms with Gasteiger partial charge in [-0.1, -0.05) is 18.0 Å². The molecule has 1 fully saturated rings. The lowest BCUT2D eigenvalue weighted by molar-refractivity contribution is -0.384. The molecule has 116 valence electrons. The van der Waals surface area contributed by atoms with Crippen LogP contribution in [0, 0.1) is 10.1 Å². The highest BCUT2D eigenvalue weighted by Crippen LogP contribution is 2.35. The summed E-state index contributed by atoms with van der Waals surface area (Å²) in [7, 11) is 0. The summed E-state index contributed by atoms with van der Waals surface area (Å²) in [5.74, 6) is 1.63. The van der Waals surface area contributed by atoms with Gasteiger partial charge in [0.2, 0.25) is 5.89 Å². The van der Waals surface area contributed by atoms with Crippen LogP contribution in [-0.2, 0) is 11.3 Å². The van der Waals surface area contributed by atoms with Crippen LogP contribution >= 0.6 is 11.8 Å². The molecule has 1 aliphatic rings. The molecule has 8 heteroatoms. The predicted molar refractivity (Wildman–Crippen MR) is 81.3 cm³/mol. The van der Waals surface area contributed by atoms with Crippen LogP contribution in [0.15, 0.2) is 33.7 Å². The van der Waals surface area contributed by atoms with E-state index in [4.69, 9.17) is 10.3 Å². The zero-order chi connectivity index (χ0) is 15.6. The Morgan fingerprint density at radius 1 is 1.32 bits per heavy atom. The Morgan fingerprint density at radius 2 is 2.00 bits per heavy atom. The van der Waals surface area contributed by atoms with Gasteiger partial charge in [-0.25, -0.2) is 0 Å². The number of nitrogens with zero attached hydrogens (tertiary/aromatic N) is 3. The summed E-state index contributed by atoms with van der Waals surface area (Å²) < 4.78 is 5.26. The molecule has 0 atom stereocenters. The Labute approximate surface area is 131 Å². The van der Waals surface area contributed by atoms with Gasteiger partial charge in [0.15, 0.2) is 5.82 Å². The molecule has 0 amide bonds. The number of non-ortho nitro benzene ring substituents is 1. The summed E-state index contributed by atoms with van der Waals surface area (Å²) >= 11 is 1.49. The molecule has 2 aromatic rings. The monoisotopic (exact) mass is 320 g/mol. The Balaban J connectivity index is 1.62. The minimum atomic E-state index is -0.445. The SMILES string of the molecule is NC1(c2noc(CSc3ccc([N+](=O)[O-])cc3)n2)CCCC1. The zero-order valence-electron chi connectivity index (χ0n) is 11.9. The molecule has 1 aromatic carbocycles. The average molecular weight is 320 g/mol. The molecular formula is C14H16N4O3S. The lowest BCUT2D eigenvalue weighted by atomic mass is 9.99. The molecule has 1 heterocycles. The maximum absolute atomic E-state index is 10.6. The fourth-order valence-electron chi connectivity index (χ4n) is 2.55. The Bertz CT molecular complexity index is 665. The van der Waals surface area contributed by atoms with E-state index in [1.54, 1.807) is 12.1 Å². The normalized spacial score (nSPS) is 16.8. The molecule has 0 bridgehead atoms. The highest BCUT2D eigenvalue weighted by atomic mass is 32.2. The van der Waals surface area contributed by atoms with Crippen molar-refractivity contribution in [3.8, 4) is 0 Å². The second kappa shape index (κ2) is 6.05. The summed E-state index contributed by atoms with van der Waals surface area (Å²) in [6.45, 7) is 0. The largest absolute Gasteiger partial charge is 0.338 e. The molecule has 0 spiro atoms. The van der Waals surface area contributed by atoms with E-state index in [-0.39, 0.29) is 5.69 Å². The van der Waals surface area contributed by atoms with Crippen molar-refractivity contribution in [1.82, 2.24) is 10.1 Å². The minimum absolute atomic E-state index is 0.0794. The number of rotatable bonds is 5. The number of nitro benzene ring substituents is 1. The number of aromatic nitrogens is 2. The molecule has 1 saturated carbocycles. The maximum Gasteiger partial charge on any atom is 0.269 e. The zero-order valence-corrected chi connectivity index (χ0v) is 12.7. The van der Waals surface area contributed by atoms with Gasteiger partial charge in [0.25, 0.3) is 5.69 Å². The van der Waals surface area contributed by atoms with Crippen molar-refractivity contribution in [1.29, 1.82) is 0 Å². The fraction of sp³-hybridized carbons (Fsp3) is 0.429. The third-order valence-electron chi connectivity index (χ3n) is 3.82. The number of hydrogen-bond acceptors (Lipinski definition) is 7. The number of nitrogens with two attached hydrogens (primary N) is 1. The average Bonchev–Trinajstić information content (AvgIpc) is 3.15. The van der Waals surface area contributed by atoms with Gasteiger partial charge in [0, 0.05) is 17.0 Å². The number of benzene rings is 1. The summed E-state index contributed by atoms with van der Waals surface area (Å²) in [5, 5.41) is 14.6. The predicted octanol–water partition coefficient (Wildman–Crippen LogP) is 3.00. The van der Waals surface area contributed by atoms with Crippen LogP contribution < -0.4 is 5.73 Å². The Morgan fingerprint density at radius 3 is 2.64 bits per heavy atom. The summed E-state index contributed by atoms with van der Waals surface area (Å²) in [6.07, 6.45) is 3.97. The Hall–Kier alpha value is -1.93. The lowest BCUT2D eigenvalue weighted by Gasteiger charge is -2.17. The molecule has 7 nitrogen and oxygen atoms in total. The van der Waals surface area contributed by atoms with E-state index in [0.717, 1.165) is 30.6 Å². The van der Waals surface area contributed by atoms with Crippen molar-refractivity contribution in [3.05, 3.63) is 46.1 Å². The Kier molecular flexibility index (Phi) is 4.12. The van der Waals surface area contributed by atoms with E-state index in [9.17, 15) is 10.1 Å². The second-order valence-electron chi connectivity index (χ2n) is 5.41. The van der Waals surface area contributed by atoms with E-state index in [2.05, 4.69) is 10.1 Å². The molecule has 1 aromatic heterocycles. The van der Waals surface area contributed by atoms with E-state index in [0.29, 0.717) is 17.5 Å². The number of hydrogen-bond donors (Lipinski definition) is 1. The van der Waals surface area contributed by atoms with Gasteiger partial charge >= 0.3 is 0 Å². The van der Waals surface area contributed by atoms with Crippen LogP contribution in [0.25, 0.3) is 0 Å². The molecule has 0 radical (unpaired) electrons. The van der Waals surface area contributed by atoms with Crippen molar-refractivity contribution in [2.75, 3.05) is 0 Å². The van der Waals surface area contributed by atoms with Gasteiger partial charge < -0.3 is 10.3 Å². The van der Waals surface area contributed by atoms with Crippen LogP contribution in [0.5, 0.6) is 0 Å². The van der Waals surface area contributed by atoms with Crippen LogP contribution in [0.3, 0.4) is 0 Å². The van der Waals surface area contributed by atoms with Crippen LogP contribution in [0.4, 0.5) is 5.69 Å². The summed E-state index contributed by atoms with van der Waals surface area (Å²) in [5.41, 5.74) is 5.93. The quantitative estimate of drug-likeness (QED) is 0.512. The van der Waals surface area contributed by atoms with E-state index >= 15 is 0 Å². The van der Waals surface area contributed by atoms with E-state index in [1.165, 1.54) is 23.9 Å². The molecule has 0 unspecified atom stereocenters. The van der Waals surface area contributed by atoms with Gasteiger partial charge in [0.1, 0.15) is 0 Å². The summed E-state index contributed by atoms with van der Waals surface area (Å²) in [4.78, 5) is 15.5. The van der Waals surface area contributed by atoms with Crippen LogP contribution in [-0.4, -0.2) is 15.1 Å². The van der Waals surface area contributed by atoms with Crippen LogP contribution in [0.2, 0.25) is 0 Å². The van der Waals surface area contributed by atoms with Gasteiger partial charge in [0.05, 0.1) is 16.2 Å². The number of thioether (sulfide) groups is 1. The topological polar surface area (TPSA) is 108 Å². The van der Waals surface area contributed by atoms with Gasteiger partial charge in [-0.3, -0.25) is 10.1 Å². The second-order valence-corrected chi connectivity index (χ2v) is 6.46. The first-order valence-electron chi connectivity index (χ1n) is 7.06. The van der Waals surface area contributed by atoms with Crippen molar-refractivity contribution in [2.45, 2.75) is 41.9 Å². The molecule has 3 rings (SSSR count). The van der Waals surface area contributed by atoms with Gasteiger partial charge in [-0.05, 0) is 25.0 Å². The molecule has 22 heavy (non-hydrogen) atoms. The van der Waals surface area contributed by atoms with Crippen molar-refractivity contribution in [2.24, 2.45) is 5.73 Å². The minimum Gasteiger partial charge on any atom is -0.338 e. The first kappa shape index (κ1) is 15.0. The third-order valence-corrected chi connectivity index (χ3v) is 4.82.